The van der Waals surface area contributed by atoms with Gasteiger partial charge in [-0.25, -0.2) is 4.79 Å². The Bertz CT molecular complexity index is 81.4. The van der Waals surface area contributed by atoms with Gasteiger partial charge in [-0.3, -0.25) is 0 Å². The smallest absolute Gasteiger partial charge is 0.404 e. The lowest BCUT2D eigenvalue weighted by atomic mass is 10.4. The third-order valence-electron chi connectivity index (χ3n) is 0.549. The number of aliphatic hydroxyl groups is 1. The maximum absolute atomic E-state index is 9.68. The highest BCUT2D eigenvalue weighted by Crippen LogP contribution is 1.72. The number of hydrogen-bond acceptors (Lipinski definition) is 2. The number of hydrogen-bond donors (Lipinski definition) is 3. The summed E-state index contributed by atoms with van der Waals surface area (Å²) >= 11 is 0. The third kappa shape index (κ3) is 5.23. The Morgan fingerprint density at radius 1 is 1.88 bits per heavy atom. The minimum Gasteiger partial charge on any atom is -0.465 e. The molecule has 0 spiro atoms. The molecule has 48 valence electrons. The molecule has 1 atom stereocenters. The van der Waals surface area contributed by atoms with Gasteiger partial charge in [0.2, 0.25) is 0 Å². The van der Waals surface area contributed by atoms with Crippen molar-refractivity contribution < 1.29 is 15.0 Å². The van der Waals surface area contributed by atoms with Crippen LogP contribution in [0, 0.1) is 0 Å². The Hall–Kier alpha value is -0.770. The molecule has 0 aliphatic heterocycles. The van der Waals surface area contributed by atoms with Crippen molar-refractivity contribution in [3.8, 4) is 0 Å². The summed E-state index contributed by atoms with van der Waals surface area (Å²) in [6.45, 7) is 1.60. The summed E-state index contributed by atoms with van der Waals surface area (Å²) in [5, 5.41) is 18.4. The van der Waals surface area contributed by atoms with E-state index in [0.717, 1.165) is 0 Å². The third-order valence-corrected chi connectivity index (χ3v) is 0.549. The highest BCUT2D eigenvalue weighted by molar-refractivity contribution is 5.64. The van der Waals surface area contributed by atoms with Crippen molar-refractivity contribution in [2.75, 3.05) is 6.54 Å². The predicted octanol–water partition coefficient (Wildman–Crippen LogP) is -0.365. The molecular weight excluding hydrogens is 110 g/mol. The fourth-order valence-corrected chi connectivity index (χ4v) is 0.235. The van der Waals surface area contributed by atoms with Crippen molar-refractivity contribution in [2.45, 2.75) is 13.0 Å². The van der Waals surface area contributed by atoms with Gasteiger partial charge in [0.05, 0.1) is 6.10 Å². The molecule has 3 N–H and O–H groups in total. The number of rotatable bonds is 2. The normalized spacial score (nSPS) is 12.8. The molecule has 0 aliphatic carbocycles. The SMILES string of the molecule is C[C@@H](O)CNC(=O)O. The van der Waals surface area contributed by atoms with Gasteiger partial charge in [-0.15, -0.1) is 0 Å². The first-order chi connectivity index (χ1) is 3.63. The minimum atomic E-state index is -1.11. The average Bonchev–Trinajstić information content (AvgIpc) is 1.61. The summed E-state index contributed by atoms with van der Waals surface area (Å²) in [6.07, 6.45) is -1.71. The van der Waals surface area contributed by atoms with Crippen molar-refractivity contribution >= 4 is 6.09 Å². The molecule has 0 heterocycles. The topological polar surface area (TPSA) is 69.6 Å². The molecule has 0 rings (SSSR count). The van der Waals surface area contributed by atoms with E-state index in [9.17, 15) is 4.79 Å². The minimum absolute atomic E-state index is 0.0926. The van der Waals surface area contributed by atoms with Crippen molar-refractivity contribution in [3.63, 3.8) is 0 Å². The van der Waals surface area contributed by atoms with Crippen molar-refractivity contribution in [1.82, 2.24) is 5.32 Å². The van der Waals surface area contributed by atoms with Crippen LogP contribution >= 0.6 is 0 Å². The average molecular weight is 119 g/mol. The molecule has 0 bridgehead atoms. The van der Waals surface area contributed by atoms with E-state index in [-0.39, 0.29) is 6.54 Å². The van der Waals surface area contributed by atoms with Crippen LogP contribution in [0.5, 0.6) is 0 Å². The lowest BCUT2D eigenvalue weighted by molar-refractivity contribution is 0.168. The molecule has 0 saturated heterocycles. The van der Waals surface area contributed by atoms with Gasteiger partial charge in [-0.05, 0) is 6.92 Å². The van der Waals surface area contributed by atoms with E-state index >= 15 is 0 Å². The van der Waals surface area contributed by atoms with Crippen molar-refractivity contribution in [1.29, 1.82) is 0 Å². The van der Waals surface area contributed by atoms with Crippen LogP contribution in [-0.4, -0.2) is 29.0 Å². The molecule has 4 nitrogen and oxygen atoms in total. The quantitative estimate of drug-likeness (QED) is 0.464. The van der Waals surface area contributed by atoms with Crippen LogP contribution < -0.4 is 5.32 Å². The fourth-order valence-electron chi connectivity index (χ4n) is 0.235. The molecule has 0 saturated carbocycles. The second-order valence-electron chi connectivity index (χ2n) is 1.54. The van der Waals surface area contributed by atoms with E-state index in [1.165, 1.54) is 6.92 Å². The van der Waals surface area contributed by atoms with Crippen molar-refractivity contribution in [3.05, 3.63) is 0 Å². The predicted molar refractivity (Wildman–Crippen MR) is 27.7 cm³/mol. The Kier molecular flexibility index (Phi) is 2.95. The van der Waals surface area contributed by atoms with Gasteiger partial charge < -0.3 is 15.5 Å². The number of carbonyl (C=O) groups is 1. The lowest BCUT2D eigenvalue weighted by Gasteiger charge is -2.00. The first kappa shape index (κ1) is 7.23. The second kappa shape index (κ2) is 3.26. The number of aliphatic hydroxyl groups excluding tert-OH is 1. The molecule has 8 heavy (non-hydrogen) atoms. The van der Waals surface area contributed by atoms with Gasteiger partial charge in [0.15, 0.2) is 0 Å². The first-order valence-corrected chi connectivity index (χ1v) is 2.28. The fraction of sp³-hybridized carbons (Fsp3) is 0.750. The molecule has 4 heteroatoms. The Balaban J connectivity index is 3.05. The van der Waals surface area contributed by atoms with Gasteiger partial charge in [-0.1, -0.05) is 0 Å². The van der Waals surface area contributed by atoms with Gasteiger partial charge >= 0.3 is 6.09 Å². The van der Waals surface area contributed by atoms with Crippen LogP contribution in [0.3, 0.4) is 0 Å². The van der Waals surface area contributed by atoms with Crippen molar-refractivity contribution in [2.24, 2.45) is 0 Å². The van der Waals surface area contributed by atoms with E-state index < -0.39 is 12.2 Å². The van der Waals surface area contributed by atoms with Gasteiger partial charge in [0.1, 0.15) is 0 Å². The lowest BCUT2D eigenvalue weighted by Crippen LogP contribution is -2.28. The van der Waals surface area contributed by atoms with Crippen LogP contribution in [0.25, 0.3) is 0 Å². The van der Waals surface area contributed by atoms with E-state index in [2.05, 4.69) is 0 Å². The van der Waals surface area contributed by atoms with E-state index in [1.54, 1.807) is 0 Å². The number of nitrogens with one attached hydrogen (secondary N) is 1. The molecule has 0 fully saturated rings. The zero-order chi connectivity index (χ0) is 6.57. The van der Waals surface area contributed by atoms with Gasteiger partial charge in [0.25, 0.3) is 0 Å². The summed E-state index contributed by atoms with van der Waals surface area (Å²) in [5.74, 6) is 0. The summed E-state index contributed by atoms with van der Waals surface area (Å²) in [6, 6.07) is 0. The van der Waals surface area contributed by atoms with E-state index in [1.807, 2.05) is 5.32 Å². The highest BCUT2D eigenvalue weighted by Gasteiger charge is 1.96. The summed E-state index contributed by atoms with van der Waals surface area (Å²) in [4.78, 5) is 9.68. The summed E-state index contributed by atoms with van der Waals surface area (Å²) < 4.78 is 0. The molecule has 0 aromatic rings. The van der Waals surface area contributed by atoms with Crippen LogP contribution in [0.15, 0.2) is 0 Å². The van der Waals surface area contributed by atoms with Crippen LogP contribution in [0.2, 0.25) is 0 Å². The number of amides is 1. The zero-order valence-electron chi connectivity index (χ0n) is 4.59. The zero-order valence-corrected chi connectivity index (χ0v) is 4.59. The standard InChI is InChI=1S/C4H9NO3/c1-3(6)2-5-4(7)8/h3,5-6H,2H2,1H3,(H,7,8)/t3-/m1/s1. The van der Waals surface area contributed by atoms with Crippen LogP contribution in [0.4, 0.5) is 4.79 Å². The Morgan fingerprint density at radius 2 is 2.38 bits per heavy atom. The summed E-state index contributed by atoms with van der Waals surface area (Å²) in [7, 11) is 0. The van der Waals surface area contributed by atoms with Gasteiger partial charge in [0, 0.05) is 6.54 Å². The summed E-state index contributed by atoms with van der Waals surface area (Å²) in [5.41, 5.74) is 0. The Labute approximate surface area is 47.1 Å². The molecule has 1 amide bonds. The highest BCUT2D eigenvalue weighted by atomic mass is 16.4. The van der Waals surface area contributed by atoms with E-state index in [4.69, 9.17) is 10.2 Å². The molecule has 0 aromatic heterocycles. The molecule has 0 aromatic carbocycles. The molecular formula is C4H9NO3. The molecule has 0 radical (unpaired) electrons. The van der Waals surface area contributed by atoms with E-state index in [0.29, 0.717) is 0 Å². The van der Waals surface area contributed by atoms with Crippen LogP contribution in [0.1, 0.15) is 6.92 Å². The largest absolute Gasteiger partial charge is 0.465 e. The Morgan fingerprint density at radius 3 is 2.50 bits per heavy atom. The molecule has 0 unspecified atom stereocenters. The maximum atomic E-state index is 9.68. The molecule has 0 aliphatic rings. The second-order valence-corrected chi connectivity index (χ2v) is 1.54. The number of carboxylic acid groups (broad SMARTS) is 1. The monoisotopic (exact) mass is 119 g/mol. The first-order valence-electron chi connectivity index (χ1n) is 2.28. The van der Waals surface area contributed by atoms with Gasteiger partial charge in [-0.2, -0.15) is 0 Å². The van der Waals surface area contributed by atoms with Crippen LogP contribution in [-0.2, 0) is 0 Å². The maximum Gasteiger partial charge on any atom is 0.404 e.